The summed E-state index contributed by atoms with van der Waals surface area (Å²) in [6.07, 6.45) is 4.07. The molecule has 1 aromatic heterocycles. The summed E-state index contributed by atoms with van der Waals surface area (Å²) in [5.41, 5.74) is -0.0108. The highest BCUT2D eigenvalue weighted by Gasteiger charge is 2.18. The number of carbonyl (C=O) groups is 1. The van der Waals surface area contributed by atoms with Gasteiger partial charge in [-0.3, -0.25) is 9.59 Å². The fourth-order valence-corrected chi connectivity index (χ4v) is 2.25. The van der Waals surface area contributed by atoms with Crippen molar-refractivity contribution in [2.45, 2.75) is 25.3 Å². The first-order chi connectivity index (χ1) is 8.15. The molecule has 1 amide bonds. The van der Waals surface area contributed by atoms with Gasteiger partial charge < -0.3 is 15.6 Å². The first-order valence-electron chi connectivity index (χ1n) is 5.56. The zero-order chi connectivity index (χ0) is 12.3. The third-order valence-electron chi connectivity index (χ3n) is 2.74. The Morgan fingerprint density at radius 1 is 1.59 bits per heavy atom. The topological polar surface area (TPSA) is 74.0 Å². The van der Waals surface area contributed by atoms with Crippen LogP contribution in [0.3, 0.4) is 0 Å². The Morgan fingerprint density at radius 3 is 3.12 bits per heavy atom. The summed E-state index contributed by atoms with van der Waals surface area (Å²) in [7, 11) is 0. The number of halogens is 1. The van der Waals surface area contributed by atoms with Crippen LogP contribution in [-0.2, 0) is 4.79 Å². The maximum atomic E-state index is 11.7. The Morgan fingerprint density at radius 2 is 2.41 bits per heavy atom. The van der Waals surface area contributed by atoms with Crippen molar-refractivity contribution in [3.8, 4) is 0 Å². The van der Waals surface area contributed by atoms with E-state index < -0.39 is 0 Å². The van der Waals surface area contributed by atoms with Crippen LogP contribution in [0.1, 0.15) is 19.3 Å². The van der Waals surface area contributed by atoms with Crippen molar-refractivity contribution in [1.29, 1.82) is 0 Å². The van der Waals surface area contributed by atoms with Crippen LogP contribution in [0, 0.1) is 0 Å². The van der Waals surface area contributed by atoms with Crippen LogP contribution in [0.5, 0.6) is 0 Å². The van der Waals surface area contributed by atoms with Gasteiger partial charge in [0, 0.05) is 23.1 Å². The second-order valence-electron chi connectivity index (χ2n) is 4.11. The lowest BCUT2D eigenvalue weighted by Gasteiger charge is -2.09. The molecule has 2 heterocycles. The molecule has 92 valence electrons. The first-order valence-corrected chi connectivity index (χ1v) is 6.36. The molecule has 1 aliphatic rings. The fraction of sp³-hybridized carbons (Fsp3) is 0.455. The van der Waals surface area contributed by atoms with E-state index in [-0.39, 0.29) is 23.2 Å². The number of aromatic nitrogens is 1. The van der Waals surface area contributed by atoms with Gasteiger partial charge in [0.05, 0.1) is 0 Å². The number of anilines is 1. The number of hydrogen-bond acceptors (Lipinski definition) is 3. The van der Waals surface area contributed by atoms with Crippen molar-refractivity contribution in [2.75, 3.05) is 11.9 Å². The SMILES string of the molecule is O=C(CC1CCCN1)Nc1cc(Br)c[nH]c1=O. The average molecular weight is 300 g/mol. The summed E-state index contributed by atoms with van der Waals surface area (Å²) in [5.74, 6) is -0.131. The van der Waals surface area contributed by atoms with Crippen LogP contribution < -0.4 is 16.2 Å². The van der Waals surface area contributed by atoms with E-state index in [2.05, 4.69) is 31.5 Å². The van der Waals surface area contributed by atoms with Gasteiger partial charge >= 0.3 is 0 Å². The summed E-state index contributed by atoms with van der Waals surface area (Å²) in [5, 5.41) is 5.87. The predicted octanol–water partition coefficient (Wildman–Crippen LogP) is 1.22. The van der Waals surface area contributed by atoms with E-state index in [1.165, 1.54) is 6.20 Å². The van der Waals surface area contributed by atoms with Crippen LogP contribution in [0.25, 0.3) is 0 Å². The second-order valence-corrected chi connectivity index (χ2v) is 5.02. The molecule has 0 saturated carbocycles. The molecule has 5 nitrogen and oxygen atoms in total. The van der Waals surface area contributed by atoms with Crippen molar-refractivity contribution >= 4 is 27.5 Å². The number of carbonyl (C=O) groups excluding carboxylic acids is 1. The molecule has 1 unspecified atom stereocenters. The van der Waals surface area contributed by atoms with E-state index in [0.717, 1.165) is 23.9 Å². The highest BCUT2D eigenvalue weighted by atomic mass is 79.9. The van der Waals surface area contributed by atoms with Crippen molar-refractivity contribution in [2.24, 2.45) is 0 Å². The maximum absolute atomic E-state index is 11.7. The third kappa shape index (κ3) is 3.41. The molecule has 1 aliphatic heterocycles. The summed E-state index contributed by atoms with van der Waals surface area (Å²) in [6.45, 7) is 0.968. The Labute approximate surface area is 107 Å². The minimum absolute atomic E-state index is 0.131. The highest BCUT2D eigenvalue weighted by molar-refractivity contribution is 9.10. The Hall–Kier alpha value is -1.14. The molecule has 0 aromatic carbocycles. The largest absolute Gasteiger partial charge is 0.326 e. The zero-order valence-electron chi connectivity index (χ0n) is 9.25. The molecule has 2 rings (SSSR count). The van der Waals surface area contributed by atoms with Crippen molar-refractivity contribution in [3.05, 3.63) is 27.1 Å². The van der Waals surface area contributed by atoms with Gasteiger partial charge in [0.25, 0.3) is 5.56 Å². The Balaban J connectivity index is 1.97. The van der Waals surface area contributed by atoms with Gasteiger partial charge in [0.2, 0.25) is 5.91 Å². The molecule has 1 saturated heterocycles. The summed E-state index contributed by atoms with van der Waals surface area (Å²) in [6, 6.07) is 1.83. The Kier molecular flexibility index (Phi) is 3.96. The predicted molar refractivity (Wildman–Crippen MR) is 69.0 cm³/mol. The van der Waals surface area contributed by atoms with E-state index in [0.29, 0.717) is 6.42 Å². The van der Waals surface area contributed by atoms with E-state index >= 15 is 0 Å². The minimum atomic E-state index is -0.291. The zero-order valence-corrected chi connectivity index (χ0v) is 10.8. The third-order valence-corrected chi connectivity index (χ3v) is 3.19. The van der Waals surface area contributed by atoms with Crippen LogP contribution in [-0.4, -0.2) is 23.5 Å². The van der Waals surface area contributed by atoms with Gasteiger partial charge in [0.1, 0.15) is 5.69 Å². The minimum Gasteiger partial charge on any atom is -0.326 e. The van der Waals surface area contributed by atoms with Gasteiger partial charge in [0.15, 0.2) is 0 Å². The van der Waals surface area contributed by atoms with Crippen molar-refractivity contribution in [1.82, 2.24) is 10.3 Å². The number of rotatable bonds is 3. The maximum Gasteiger partial charge on any atom is 0.271 e. The first kappa shape index (κ1) is 12.3. The molecule has 0 radical (unpaired) electrons. The van der Waals surface area contributed by atoms with Gasteiger partial charge in [-0.05, 0) is 41.4 Å². The molecule has 17 heavy (non-hydrogen) atoms. The molecule has 3 N–H and O–H groups in total. The number of nitrogens with one attached hydrogen (secondary N) is 3. The highest BCUT2D eigenvalue weighted by Crippen LogP contribution is 2.12. The summed E-state index contributed by atoms with van der Waals surface area (Å²) < 4.78 is 0.728. The lowest BCUT2D eigenvalue weighted by atomic mass is 10.1. The van der Waals surface area contributed by atoms with Crippen LogP contribution in [0.4, 0.5) is 5.69 Å². The van der Waals surface area contributed by atoms with Gasteiger partial charge in [-0.2, -0.15) is 0 Å². The standard InChI is InChI=1S/C11H14BrN3O2/c12-7-4-9(11(17)14-6-7)15-10(16)5-8-2-1-3-13-8/h4,6,8,13H,1-3,5H2,(H,14,17)(H,15,16). The normalized spacial score (nSPS) is 19.2. The van der Waals surface area contributed by atoms with Crippen molar-refractivity contribution in [3.63, 3.8) is 0 Å². The van der Waals surface area contributed by atoms with E-state index in [9.17, 15) is 9.59 Å². The fourth-order valence-electron chi connectivity index (χ4n) is 1.91. The molecule has 0 aliphatic carbocycles. The lowest BCUT2D eigenvalue weighted by Crippen LogP contribution is -2.29. The quantitative estimate of drug-likeness (QED) is 0.786. The number of amides is 1. The van der Waals surface area contributed by atoms with E-state index in [1.54, 1.807) is 6.07 Å². The summed E-state index contributed by atoms with van der Waals surface area (Å²) in [4.78, 5) is 25.7. The van der Waals surface area contributed by atoms with Gasteiger partial charge in [-0.1, -0.05) is 0 Å². The van der Waals surface area contributed by atoms with Crippen molar-refractivity contribution < 1.29 is 4.79 Å². The van der Waals surface area contributed by atoms with Crippen LogP contribution >= 0.6 is 15.9 Å². The van der Waals surface area contributed by atoms with Gasteiger partial charge in [-0.15, -0.1) is 0 Å². The molecular formula is C11H14BrN3O2. The van der Waals surface area contributed by atoms with E-state index in [1.807, 2.05) is 0 Å². The molecule has 0 bridgehead atoms. The Bertz CT molecular complexity index is 466. The second kappa shape index (κ2) is 5.46. The molecule has 1 fully saturated rings. The molecule has 0 spiro atoms. The number of pyridine rings is 1. The smallest absolute Gasteiger partial charge is 0.271 e. The van der Waals surface area contributed by atoms with Gasteiger partial charge in [-0.25, -0.2) is 0 Å². The van der Waals surface area contributed by atoms with Crippen LogP contribution in [0.2, 0.25) is 0 Å². The summed E-state index contributed by atoms with van der Waals surface area (Å²) >= 11 is 3.24. The number of hydrogen-bond donors (Lipinski definition) is 3. The molecule has 1 atom stereocenters. The molecule has 1 aromatic rings. The average Bonchev–Trinajstić information content (AvgIpc) is 2.76. The number of aromatic amines is 1. The number of H-pyrrole nitrogens is 1. The van der Waals surface area contributed by atoms with Crippen LogP contribution in [0.15, 0.2) is 21.5 Å². The molecule has 6 heteroatoms. The molecular weight excluding hydrogens is 286 g/mol. The monoisotopic (exact) mass is 299 g/mol. The lowest BCUT2D eigenvalue weighted by molar-refractivity contribution is -0.116. The van der Waals surface area contributed by atoms with E-state index in [4.69, 9.17) is 0 Å².